The third-order valence-electron chi connectivity index (χ3n) is 5.51. The van der Waals surface area contributed by atoms with Gasteiger partial charge in [-0.15, -0.1) is 0 Å². The summed E-state index contributed by atoms with van der Waals surface area (Å²) in [5.41, 5.74) is 0.812. The van der Waals surface area contributed by atoms with Crippen molar-refractivity contribution in [1.82, 2.24) is 0 Å². The minimum absolute atomic E-state index is 0.165. The molecule has 2 saturated heterocycles. The summed E-state index contributed by atoms with van der Waals surface area (Å²) >= 11 is 0. The van der Waals surface area contributed by atoms with E-state index in [1.54, 1.807) is 12.1 Å². The summed E-state index contributed by atoms with van der Waals surface area (Å²) in [5.74, 6) is -1.26. The number of nitrogens with one attached hydrogen (secondary N) is 1. The first-order valence-electron chi connectivity index (χ1n) is 8.79. The molecule has 2 bridgehead atoms. The summed E-state index contributed by atoms with van der Waals surface area (Å²) in [6, 6.07) is 18.9. The predicted molar refractivity (Wildman–Crippen MR) is 97.6 cm³/mol. The molecule has 0 radical (unpaired) electrons. The molecule has 1 N–H and O–H groups in total. The van der Waals surface area contributed by atoms with Gasteiger partial charge in [0.05, 0.1) is 23.6 Å². The minimum atomic E-state index is -0.776. The van der Waals surface area contributed by atoms with Crippen LogP contribution in [0.1, 0.15) is 0 Å². The molecule has 2 amide bonds. The summed E-state index contributed by atoms with van der Waals surface area (Å²) in [5, 5.41) is 3.35. The second kappa shape index (κ2) is 5.54. The number of anilines is 2. The fourth-order valence-electron chi connectivity index (χ4n) is 4.33. The number of carbonyl (C=O) groups excluding carboxylic acids is 2. The number of hydrogen-bond acceptors (Lipinski definition) is 4. The molecule has 130 valence electrons. The van der Waals surface area contributed by atoms with Crippen molar-refractivity contribution in [2.45, 2.75) is 11.7 Å². The highest BCUT2D eigenvalue weighted by Gasteiger charge is 2.67. The van der Waals surface area contributed by atoms with Gasteiger partial charge < -0.3 is 10.1 Å². The molecule has 3 aliphatic rings. The van der Waals surface area contributed by atoms with Gasteiger partial charge in [0.2, 0.25) is 11.8 Å². The first-order valence-corrected chi connectivity index (χ1v) is 8.79. The monoisotopic (exact) mass is 346 g/mol. The maximum Gasteiger partial charge on any atom is 0.241 e. The summed E-state index contributed by atoms with van der Waals surface area (Å²) in [6.07, 6.45) is 3.55. The highest BCUT2D eigenvalue weighted by molar-refractivity contribution is 6.23. The topological polar surface area (TPSA) is 58.6 Å². The van der Waals surface area contributed by atoms with Gasteiger partial charge in [0.25, 0.3) is 0 Å². The van der Waals surface area contributed by atoms with Gasteiger partial charge in [-0.05, 0) is 24.3 Å². The quantitative estimate of drug-likeness (QED) is 0.683. The number of hydrogen-bond donors (Lipinski definition) is 1. The van der Waals surface area contributed by atoms with Gasteiger partial charge in [0.15, 0.2) is 0 Å². The van der Waals surface area contributed by atoms with E-state index in [2.05, 4.69) is 5.32 Å². The maximum absolute atomic E-state index is 13.2. The third kappa shape index (κ3) is 2.07. The van der Waals surface area contributed by atoms with Gasteiger partial charge in [-0.3, -0.25) is 9.59 Å². The zero-order valence-corrected chi connectivity index (χ0v) is 14.0. The Hall–Kier alpha value is -2.92. The van der Waals surface area contributed by atoms with E-state index in [1.165, 1.54) is 4.90 Å². The Morgan fingerprint density at radius 2 is 1.65 bits per heavy atom. The number of ether oxygens (including phenoxy) is 1. The van der Waals surface area contributed by atoms with Crippen LogP contribution in [0.4, 0.5) is 11.4 Å². The van der Waals surface area contributed by atoms with Crippen molar-refractivity contribution in [2.75, 3.05) is 16.8 Å². The van der Waals surface area contributed by atoms with E-state index < -0.39 is 17.4 Å². The zero-order chi connectivity index (χ0) is 17.7. The van der Waals surface area contributed by atoms with Crippen molar-refractivity contribution < 1.29 is 14.3 Å². The number of carbonyl (C=O) groups is 2. The number of imide groups is 1. The molecule has 5 heteroatoms. The third-order valence-corrected chi connectivity index (χ3v) is 5.51. The lowest BCUT2D eigenvalue weighted by Gasteiger charge is -2.29. The highest BCUT2D eigenvalue weighted by atomic mass is 16.5. The largest absolute Gasteiger partial charge is 0.382 e. The second-order valence-corrected chi connectivity index (χ2v) is 6.97. The van der Waals surface area contributed by atoms with E-state index in [0.29, 0.717) is 12.2 Å². The van der Waals surface area contributed by atoms with Gasteiger partial charge in [-0.2, -0.15) is 0 Å². The van der Waals surface area contributed by atoms with Gasteiger partial charge >= 0.3 is 0 Å². The van der Waals surface area contributed by atoms with E-state index in [0.717, 1.165) is 5.69 Å². The number of amides is 2. The molecule has 2 aromatic rings. The normalized spacial score (nSPS) is 31.5. The van der Waals surface area contributed by atoms with Crippen LogP contribution >= 0.6 is 0 Å². The Bertz CT molecular complexity index is 896. The fraction of sp³-hybridized carbons (Fsp3) is 0.238. The molecule has 4 atom stereocenters. The number of fused-ring (bicyclic) bond motifs is 5. The van der Waals surface area contributed by atoms with Crippen LogP contribution < -0.4 is 10.2 Å². The molecule has 0 unspecified atom stereocenters. The van der Waals surface area contributed by atoms with Crippen LogP contribution in [-0.2, 0) is 14.3 Å². The Morgan fingerprint density at radius 3 is 2.38 bits per heavy atom. The lowest BCUT2D eigenvalue weighted by molar-refractivity contribution is -0.126. The van der Waals surface area contributed by atoms with Crippen LogP contribution in [0.25, 0.3) is 0 Å². The molecule has 5 nitrogen and oxygen atoms in total. The summed E-state index contributed by atoms with van der Waals surface area (Å²) in [6.45, 7) is 0.451. The molecule has 3 aliphatic heterocycles. The molecule has 2 fully saturated rings. The predicted octanol–water partition coefficient (Wildman–Crippen LogP) is 2.61. The van der Waals surface area contributed by atoms with Gasteiger partial charge in [0.1, 0.15) is 5.60 Å². The van der Waals surface area contributed by atoms with E-state index >= 15 is 0 Å². The molecule has 2 aromatic carbocycles. The first-order chi connectivity index (χ1) is 12.7. The van der Waals surface area contributed by atoms with Crippen molar-refractivity contribution in [3.05, 3.63) is 72.8 Å². The smallest absolute Gasteiger partial charge is 0.241 e. The van der Waals surface area contributed by atoms with Crippen LogP contribution in [0.3, 0.4) is 0 Å². The van der Waals surface area contributed by atoms with Crippen molar-refractivity contribution >= 4 is 23.2 Å². The first kappa shape index (κ1) is 15.3. The standard InChI is InChI=1S/C21H18N2O3/c24-19-17-16-11-12-21(26-16,13-22-14-7-3-1-4-8-14)18(17)20(25)23(19)15-9-5-2-6-10-15/h1-12,16-18,22H,13H2/t16-,17+,18-,21-/m1/s1. The lowest BCUT2D eigenvalue weighted by Crippen LogP contribution is -2.45. The van der Waals surface area contributed by atoms with Crippen molar-refractivity contribution in [1.29, 1.82) is 0 Å². The Labute approximate surface area is 151 Å². The van der Waals surface area contributed by atoms with Crippen LogP contribution in [-0.4, -0.2) is 30.1 Å². The molecule has 3 heterocycles. The summed E-state index contributed by atoms with van der Waals surface area (Å²) < 4.78 is 6.13. The van der Waals surface area contributed by atoms with Gasteiger partial charge in [0, 0.05) is 12.2 Å². The second-order valence-electron chi connectivity index (χ2n) is 6.97. The highest BCUT2D eigenvalue weighted by Crippen LogP contribution is 2.52. The van der Waals surface area contributed by atoms with Crippen LogP contribution in [0.15, 0.2) is 72.8 Å². The SMILES string of the molecule is O=C1[C@H]2[C@H]3C=C[C@](CNc4ccccc4)(O3)[C@H]2C(=O)N1c1ccccc1. The molecule has 0 aromatic heterocycles. The Balaban J connectivity index is 1.46. The van der Waals surface area contributed by atoms with Crippen LogP contribution in [0.5, 0.6) is 0 Å². The summed E-state index contributed by atoms with van der Waals surface area (Å²) in [4.78, 5) is 27.5. The average molecular weight is 346 g/mol. The molecule has 5 rings (SSSR count). The molecular formula is C21H18N2O3. The Morgan fingerprint density at radius 1 is 0.962 bits per heavy atom. The maximum atomic E-state index is 13.2. The lowest BCUT2D eigenvalue weighted by atomic mass is 9.77. The fourth-order valence-corrected chi connectivity index (χ4v) is 4.33. The van der Waals surface area contributed by atoms with E-state index in [1.807, 2.05) is 60.7 Å². The van der Waals surface area contributed by atoms with Crippen molar-refractivity contribution in [3.8, 4) is 0 Å². The number of benzene rings is 2. The van der Waals surface area contributed by atoms with Gasteiger partial charge in [-0.25, -0.2) is 4.90 Å². The van der Waals surface area contributed by atoms with E-state index in [9.17, 15) is 9.59 Å². The number of nitrogens with zero attached hydrogens (tertiary/aromatic N) is 1. The van der Waals surface area contributed by atoms with E-state index in [-0.39, 0.29) is 17.9 Å². The van der Waals surface area contributed by atoms with Crippen LogP contribution in [0.2, 0.25) is 0 Å². The minimum Gasteiger partial charge on any atom is -0.382 e. The molecule has 0 aliphatic carbocycles. The van der Waals surface area contributed by atoms with Crippen molar-refractivity contribution in [3.63, 3.8) is 0 Å². The molecule has 0 saturated carbocycles. The van der Waals surface area contributed by atoms with E-state index in [4.69, 9.17) is 4.74 Å². The summed E-state index contributed by atoms with van der Waals surface area (Å²) in [7, 11) is 0. The molecular weight excluding hydrogens is 328 g/mol. The average Bonchev–Trinajstić information content (AvgIpc) is 3.32. The Kier molecular flexibility index (Phi) is 3.27. The molecule has 26 heavy (non-hydrogen) atoms. The number of para-hydroxylation sites is 2. The molecule has 0 spiro atoms. The number of rotatable bonds is 4. The van der Waals surface area contributed by atoms with Gasteiger partial charge in [-0.1, -0.05) is 48.6 Å². The zero-order valence-electron chi connectivity index (χ0n) is 14.0. The van der Waals surface area contributed by atoms with Crippen LogP contribution in [0, 0.1) is 11.8 Å². The van der Waals surface area contributed by atoms with Crippen molar-refractivity contribution in [2.24, 2.45) is 11.8 Å².